The van der Waals surface area contributed by atoms with Gasteiger partial charge in [-0.15, -0.1) is 0 Å². The monoisotopic (exact) mass is 298 g/mol. The summed E-state index contributed by atoms with van der Waals surface area (Å²) >= 11 is 5.81. The number of rotatable bonds is 3. The lowest BCUT2D eigenvalue weighted by Crippen LogP contribution is -2.30. The fourth-order valence-electron chi connectivity index (χ4n) is 2.35. The van der Waals surface area contributed by atoms with Gasteiger partial charge in [-0.1, -0.05) is 11.6 Å². The molecule has 0 spiro atoms. The molecular weight excluding hydrogens is 284 g/mol. The molecule has 20 heavy (non-hydrogen) atoms. The third kappa shape index (κ3) is 3.08. The number of amides is 1. The number of nitro groups is 1. The van der Waals surface area contributed by atoms with Crippen molar-refractivity contribution in [1.29, 1.82) is 0 Å². The minimum Gasteiger partial charge on any atom is -0.393 e. The van der Waals surface area contributed by atoms with Gasteiger partial charge in [0.15, 0.2) is 0 Å². The highest BCUT2D eigenvalue weighted by molar-refractivity contribution is 6.31. The molecule has 0 saturated carbocycles. The van der Waals surface area contributed by atoms with Crippen molar-refractivity contribution < 1.29 is 14.8 Å². The maximum absolute atomic E-state index is 12.3. The van der Waals surface area contributed by atoms with Gasteiger partial charge in [-0.05, 0) is 19.4 Å². The van der Waals surface area contributed by atoms with Gasteiger partial charge in [0, 0.05) is 41.7 Å². The summed E-state index contributed by atoms with van der Waals surface area (Å²) in [6.45, 7) is 2.69. The molecule has 1 aromatic carbocycles. The molecule has 2 unspecified atom stereocenters. The molecule has 1 amide bonds. The number of nitrogens with zero attached hydrogens (tertiary/aromatic N) is 2. The highest BCUT2D eigenvalue weighted by Crippen LogP contribution is 2.25. The lowest BCUT2D eigenvalue weighted by molar-refractivity contribution is -0.384. The average Bonchev–Trinajstić information content (AvgIpc) is 2.86. The van der Waals surface area contributed by atoms with E-state index in [2.05, 4.69) is 0 Å². The highest BCUT2D eigenvalue weighted by atomic mass is 35.5. The fraction of sp³-hybridized carbons (Fsp3) is 0.462. The molecule has 1 N–H and O–H groups in total. The lowest BCUT2D eigenvalue weighted by atomic mass is 10.0. The molecule has 1 fully saturated rings. The van der Waals surface area contributed by atoms with Crippen LogP contribution in [-0.2, 0) is 0 Å². The molecule has 0 radical (unpaired) electrons. The fourth-order valence-corrected chi connectivity index (χ4v) is 2.58. The summed E-state index contributed by atoms with van der Waals surface area (Å²) in [5.41, 5.74) is 0.00238. The molecule has 0 aromatic heterocycles. The van der Waals surface area contributed by atoms with Gasteiger partial charge in [0.05, 0.1) is 11.0 Å². The van der Waals surface area contributed by atoms with Crippen molar-refractivity contribution in [3.05, 3.63) is 38.9 Å². The summed E-state index contributed by atoms with van der Waals surface area (Å²) in [5, 5.41) is 20.5. The van der Waals surface area contributed by atoms with Gasteiger partial charge >= 0.3 is 0 Å². The Bertz CT molecular complexity index is 547. The number of carbonyl (C=O) groups excluding carboxylic acids is 1. The summed E-state index contributed by atoms with van der Waals surface area (Å²) in [5.74, 6) is -0.244. The van der Waals surface area contributed by atoms with Crippen molar-refractivity contribution in [2.75, 3.05) is 13.1 Å². The lowest BCUT2D eigenvalue weighted by Gasteiger charge is -2.17. The van der Waals surface area contributed by atoms with Crippen molar-refractivity contribution in [2.45, 2.75) is 19.4 Å². The smallest absolute Gasteiger partial charge is 0.271 e. The van der Waals surface area contributed by atoms with Crippen LogP contribution in [0, 0.1) is 16.0 Å². The Balaban J connectivity index is 2.20. The summed E-state index contributed by atoms with van der Waals surface area (Å²) in [6.07, 6.45) is 0.257. The second kappa shape index (κ2) is 5.76. The van der Waals surface area contributed by atoms with Gasteiger partial charge in [0.2, 0.25) is 0 Å². The first-order valence-electron chi connectivity index (χ1n) is 6.31. The van der Waals surface area contributed by atoms with Crippen LogP contribution >= 0.6 is 11.6 Å². The molecule has 0 aliphatic carbocycles. The molecule has 7 heteroatoms. The van der Waals surface area contributed by atoms with E-state index in [4.69, 9.17) is 11.6 Å². The minimum absolute atomic E-state index is 0.0492. The van der Waals surface area contributed by atoms with Gasteiger partial charge in [-0.2, -0.15) is 0 Å². The Kier molecular flexibility index (Phi) is 4.25. The molecule has 1 saturated heterocycles. The summed E-state index contributed by atoms with van der Waals surface area (Å²) in [4.78, 5) is 24.1. The SMILES string of the molecule is CC(O)C1CCN(C(=O)c2cc(Cl)cc([N+](=O)[O-])c2)C1. The van der Waals surface area contributed by atoms with E-state index >= 15 is 0 Å². The second-order valence-corrected chi connectivity index (χ2v) is 5.43. The molecule has 1 heterocycles. The van der Waals surface area contributed by atoms with Gasteiger partial charge in [0.25, 0.3) is 11.6 Å². The maximum atomic E-state index is 12.3. The van der Waals surface area contributed by atoms with Crippen molar-refractivity contribution in [2.24, 2.45) is 5.92 Å². The van der Waals surface area contributed by atoms with E-state index in [1.54, 1.807) is 11.8 Å². The zero-order valence-corrected chi connectivity index (χ0v) is 11.7. The zero-order valence-electron chi connectivity index (χ0n) is 11.0. The van der Waals surface area contributed by atoms with Gasteiger partial charge in [-0.25, -0.2) is 0 Å². The number of non-ortho nitro benzene ring substituents is 1. The van der Waals surface area contributed by atoms with Crippen LogP contribution in [0.1, 0.15) is 23.7 Å². The molecule has 108 valence electrons. The first kappa shape index (κ1) is 14.7. The summed E-state index contributed by atoms with van der Waals surface area (Å²) in [7, 11) is 0. The van der Waals surface area contributed by atoms with Crippen LogP contribution in [0.15, 0.2) is 18.2 Å². The second-order valence-electron chi connectivity index (χ2n) is 5.00. The standard InChI is InChI=1S/C13H15ClN2O4/c1-8(17)9-2-3-15(7-9)13(18)10-4-11(14)6-12(5-10)16(19)20/h4-6,8-9,17H,2-3,7H2,1H3. The normalized spacial score (nSPS) is 19.9. The van der Waals surface area contributed by atoms with E-state index in [1.807, 2.05) is 0 Å². The number of likely N-dealkylation sites (tertiary alicyclic amines) is 1. The number of hydrogen-bond acceptors (Lipinski definition) is 4. The molecule has 0 bridgehead atoms. The predicted molar refractivity (Wildman–Crippen MR) is 73.8 cm³/mol. The summed E-state index contributed by atoms with van der Waals surface area (Å²) < 4.78 is 0. The number of benzene rings is 1. The van der Waals surface area contributed by atoms with Gasteiger partial charge in [0.1, 0.15) is 0 Å². The van der Waals surface area contributed by atoms with E-state index < -0.39 is 11.0 Å². The Hall–Kier alpha value is -1.66. The molecule has 1 aliphatic heterocycles. The number of halogens is 1. The Morgan fingerprint density at radius 1 is 1.55 bits per heavy atom. The highest BCUT2D eigenvalue weighted by Gasteiger charge is 2.30. The number of aliphatic hydroxyl groups is 1. The minimum atomic E-state index is -0.578. The van der Waals surface area contributed by atoms with Gasteiger partial charge < -0.3 is 10.0 Å². The quantitative estimate of drug-likeness (QED) is 0.684. The molecule has 2 rings (SSSR count). The average molecular weight is 299 g/mol. The van der Waals surface area contributed by atoms with E-state index in [0.717, 1.165) is 6.42 Å². The van der Waals surface area contributed by atoms with Crippen LogP contribution < -0.4 is 0 Å². The maximum Gasteiger partial charge on any atom is 0.271 e. The van der Waals surface area contributed by atoms with Crippen LogP contribution in [0.5, 0.6) is 0 Å². The largest absolute Gasteiger partial charge is 0.393 e. The molecule has 1 aliphatic rings. The summed E-state index contributed by atoms with van der Waals surface area (Å²) in [6, 6.07) is 3.86. The van der Waals surface area contributed by atoms with Crippen molar-refractivity contribution >= 4 is 23.2 Å². The van der Waals surface area contributed by atoms with Crippen molar-refractivity contribution in [3.63, 3.8) is 0 Å². The van der Waals surface area contributed by atoms with Crippen LogP contribution in [0.2, 0.25) is 5.02 Å². The third-order valence-electron chi connectivity index (χ3n) is 3.53. The van der Waals surface area contributed by atoms with E-state index in [-0.39, 0.29) is 28.1 Å². The van der Waals surface area contributed by atoms with E-state index in [0.29, 0.717) is 13.1 Å². The molecule has 2 atom stereocenters. The predicted octanol–water partition coefficient (Wildman–Crippen LogP) is 2.09. The van der Waals surface area contributed by atoms with E-state index in [9.17, 15) is 20.0 Å². The van der Waals surface area contributed by atoms with Crippen molar-refractivity contribution in [3.8, 4) is 0 Å². The molecular formula is C13H15ClN2O4. The van der Waals surface area contributed by atoms with Crippen molar-refractivity contribution in [1.82, 2.24) is 4.90 Å². The zero-order chi connectivity index (χ0) is 14.9. The van der Waals surface area contributed by atoms with Gasteiger partial charge in [-0.3, -0.25) is 14.9 Å². The number of nitro benzene ring substituents is 1. The number of carbonyl (C=O) groups is 1. The Morgan fingerprint density at radius 3 is 2.80 bits per heavy atom. The number of hydrogen-bond donors (Lipinski definition) is 1. The van der Waals surface area contributed by atoms with E-state index in [1.165, 1.54) is 18.2 Å². The van der Waals surface area contributed by atoms with Crippen LogP contribution in [0.4, 0.5) is 5.69 Å². The third-order valence-corrected chi connectivity index (χ3v) is 3.75. The van der Waals surface area contributed by atoms with Crippen LogP contribution in [-0.4, -0.2) is 40.0 Å². The topological polar surface area (TPSA) is 83.7 Å². The first-order valence-corrected chi connectivity index (χ1v) is 6.68. The first-order chi connectivity index (χ1) is 9.38. The Labute approximate surface area is 121 Å². The van der Waals surface area contributed by atoms with Crippen LogP contribution in [0.3, 0.4) is 0 Å². The number of aliphatic hydroxyl groups excluding tert-OH is 1. The molecule has 6 nitrogen and oxygen atoms in total. The Morgan fingerprint density at radius 2 is 2.25 bits per heavy atom. The molecule has 1 aromatic rings. The van der Waals surface area contributed by atoms with Crippen LogP contribution in [0.25, 0.3) is 0 Å².